The Balaban J connectivity index is 0.00000200. The Hall–Kier alpha value is -1.85. The average molecular weight is 295 g/mol. The van der Waals surface area contributed by atoms with E-state index in [9.17, 15) is 4.79 Å². The predicted molar refractivity (Wildman–Crippen MR) is 81.9 cm³/mol. The number of hydrogen-bond acceptors (Lipinski definition) is 3. The van der Waals surface area contributed by atoms with Gasteiger partial charge in [0.15, 0.2) is 0 Å². The lowest BCUT2D eigenvalue weighted by atomic mass is 10.2. The van der Waals surface area contributed by atoms with Crippen molar-refractivity contribution in [2.75, 3.05) is 5.32 Å². The monoisotopic (exact) mass is 294 g/mol. The SMILES string of the molecule is CC(N)CC(=O)Nc1ccc(Cn2cccn2)cc1.Cl. The van der Waals surface area contributed by atoms with Crippen LogP contribution in [0, 0.1) is 0 Å². The average Bonchev–Trinajstić information content (AvgIpc) is 2.83. The van der Waals surface area contributed by atoms with Crippen molar-refractivity contribution in [3.8, 4) is 0 Å². The van der Waals surface area contributed by atoms with Crippen molar-refractivity contribution >= 4 is 24.0 Å². The van der Waals surface area contributed by atoms with Crippen LogP contribution < -0.4 is 11.1 Å². The summed E-state index contributed by atoms with van der Waals surface area (Å²) < 4.78 is 1.85. The van der Waals surface area contributed by atoms with Crippen LogP contribution in [0.2, 0.25) is 0 Å². The molecule has 6 heteroatoms. The standard InChI is InChI=1S/C14H18N4O.ClH/c1-11(15)9-14(19)17-13-5-3-12(4-6-13)10-18-8-2-7-16-18;/h2-8,11H,9-10,15H2,1H3,(H,17,19);1H. The number of rotatable bonds is 5. The minimum absolute atomic E-state index is 0. The van der Waals surface area contributed by atoms with Gasteiger partial charge >= 0.3 is 0 Å². The Morgan fingerprint density at radius 3 is 2.65 bits per heavy atom. The van der Waals surface area contributed by atoms with Crippen molar-refractivity contribution in [2.45, 2.75) is 25.9 Å². The Labute approximate surface area is 124 Å². The van der Waals surface area contributed by atoms with E-state index in [1.165, 1.54) is 0 Å². The normalized spacial score (nSPS) is 11.5. The molecule has 1 aromatic carbocycles. The van der Waals surface area contributed by atoms with Crippen molar-refractivity contribution < 1.29 is 4.79 Å². The van der Waals surface area contributed by atoms with Crippen molar-refractivity contribution in [1.29, 1.82) is 0 Å². The fourth-order valence-corrected chi connectivity index (χ4v) is 1.78. The molecule has 0 fully saturated rings. The lowest BCUT2D eigenvalue weighted by molar-refractivity contribution is -0.116. The van der Waals surface area contributed by atoms with E-state index in [1.807, 2.05) is 48.1 Å². The molecule has 0 saturated heterocycles. The van der Waals surface area contributed by atoms with Gasteiger partial charge in [0.25, 0.3) is 0 Å². The van der Waals surface area contributed by atoms with Gasteiger partial charge in [-0.25, -0.2) is 0 Å². The van der Waals surface area contributed by atoms with Crippen molar-refractivity contribution in [3.63, 3.8) is 0 Å². The van der Waals surface area contributed by atoms with Crippen LogP contribution in [0.1, 0.15) is 18.9 Å². The third-order valence-corrected chi connectivity index (χ3v) is 2.65. The lowest BCUT2D eigenvalue weighted by Crippen LogP contribution is -2.23. The maximum Gasteiger partial charge on any atom is 0.225 e. The maximum absolute atomic E-state index is 11.6. The van der Waals surface area contributed by atoms with Gasteiger partial charge in [-0.1, -0.05) is 12.1 Å². The van der Waals surface area contributed by atoms with Gasteiger partial charge in [-0.2, -0.15) is 5.10 Å². The number of aromatic nitrogens is 2. The summed E-state index contributed by atoms with van der Waals surface area (Å²) in [5, 5.41) is 6.97. The van der Waals surface area contributed by atoms with Gasteiger partial charge in [0.2, 0.25) is 5.91 Å². The predicted octanol–water partition coefficient (Wildman–Crippen LogP) is 2.03. The second-order valence-corrected chi connectivity index (χ2v) is 4.63. The van der Waals surface area contributed by atoms with Gasteiger partial charge in [0.1, 0.15) is 0 Å². The number of benzene rings is 1. The zero-order valence-corrected chi connectivity index (χ0v) is 12.1. The fraction of sp³-hybridized carbons (Fsp3) is 0.286. The second-order valence-electron chi connectivity index (χ2n) is 4.63. The molecule has 108 valence electrons. The first-order valence-electron chi connectivity index (χ1n) is 6.25. The molecule has 2 rings (SSSR count). The number of anilines is 1. The van der Waals surface area contributed by atoms with Gasteiger partial charge in [0, 0.05) is 30.5 Å². The van der Waals surface area contributed by atoms with Crippen molar-refractivity contribution in [2.24, 2.45) is 5.73 Å². The molecule has 0 aliphatic rings. The summed E-state index contributed by atoms with van der Waals surface area (Å²) in [5.41, 5.74) is 7.50. The molecule has 1 heterocycles. The Morgan fingerprint density at radius 1 is 1.40 bits per heavy atom. The van der Waals surface area contributed by atoms with Gasteiger partial charge in [-0.15, -0.1) is 12.4 Å². The molecule has 2 aromatic rings. The number of nitrogens with zero attached hydrogens (tertiary/aromatic N) is 2. The first-order chi connectivity index (χ1) is 9.13. The topological polar surface area (TPSA) is 72.9 Å². The zero-order chi connectivity index (χ0) is 13.7. The van der Waals surface area contributed by atoms with E-state index >= 15 is 0 Å². The van der Waals surface area contributed by atoms with Gasteiger partial charge in [-0.05, 0) is 30.7 Å². The van der Waals surface area contributed by atoms with Crippen LogP contribution in [-0.4, -0.2) is 21.7 Å². The first kappa shape index (κ1) is 16.2. The number of nitrogens with two attached hydrogens (primary N) is 1. The summed E-state index contributed by atoms with van der Waals surface area (Å²) in [6.07, 6.45) is 4.00. The molecule has 1 aromatic heterocycles. The Kier molecular flexibility index (Phi) is 6.21. The van der Waals surface area contributed by atoms with E-state index in [1.54, 1.807) is 6.20 Å². The molecule has 0 aliphatic carbocycles. The summed E-state index contributed by atoms with van der Waals surface area (Å²) in [6.45, 7) is 2.54. The molecule has 1 amide bonds. The third-order valence-electron chi connectivity index (χ3n) is 2.65. The highest BCUT2D eigenvalue weighted by molar-refractivity contribution is 5.91. The summed E-state index contributed by atoms with van der Waals surface area (Å²) in [5.74, 6) is -0.0603. The summed E-state index contributed by atoms with van der Waals surface area (Å²) in [4.78, 5) is 11.6. The number of hydrogen-bond donors (Lipinski definition) is 2. The fourth-order valence-electron chi connectivity index (χ4n) is 1.78. The molecular weight excluding hydrogens is 276 g/mol. The molecule has 0 aliphatic heterocycles. The number of halogens is 1. The molecule has 0 saturated carbocycles. The van der Waals surface area contributed by atoms with Crippen LogP contribution in [0.4, 0.5) is 5.69 Å². The molecule has 0 spiro atoms. The second kappa shape index (κ2) is 7.67. The zero-order valence-electron chi connectivity index (χ0n) is 11.3. The summed E-state index contributed by atoms with van der Waals surface area (Å²) in [7, 11) is 0. The third kappa shape index (κ3) is 5.03. The van der Waals surface area contributed by atoms with Crippen LogP contribution in [0.5, 0.6) is 0 Å². The van der Waals surface area contributed by atoms with Crippen LogP contribution in [0.3, 0.4) is 0 Å². The molecule has 1 unspecified atom stereocenters. The molecule has 5 nitrogen and oxygen atoms in total. The van der Waals surface area contributed by atoms with E-state index in [0.717, 1.165) is 17.8 Å². The van der Waals surface area contributed by atoms with Crippen molar-refractivity contribution in [1.82, 2.24) is 9.78 Å². The van der Waals surface area contributed by atoms with Crippen LogP contribution in [-0.2, 0) is 11.3 Å². The van der Waals surface area contributed by atoms with Gasteiger partial charge in [-0.3, -0.25) is 9.48 Å². The molecule has 3 N–H and O–H groups in total. The Morgan fingerprint density at radius 2 is 2.10 bits per heavy atom. The van der Waals surface area contributed by atoms with E-state index in [4.69, 9.17) is 5.73 Å². The largest absolute Gasteiger partial charge is 0.327 e. The molecule has 1 atom stereocenters. The van der Waals surface area contributed by atoms with E-state index in [0.29, 0.717) is 6.42 Å². The summed E-state index contributed by atoms with van der Waals surface area (Å²) in [6, 6.07) is 9.49. The highest BCUT2D eigenvalue weighted by atomic mass is 35.5. The molecule has 0 bridgehead atoms. The van der Waals surface area contributed by atoms with Gasteiger partial charge in [0.05, 0.1) is 6.54 Å². The minimum atomic E-state index is -0.126. The Bertz CT molecular complexity index is 523. The number of amides is 1. The highest BCUT2D eigenvalue weighted by Crippen LogP contribution is 2.11. The van der Waals surface area contributed by atoms with Crippen LogP contribution in [0.15, 0.2) is 42.7 Å². The molecule has 20 heavy (non-hydrogen) atoms. The van der Waals surface area contributed by atoms with E-state index in [-0.39, 0.29) is 24.4 Å². The van der Waals surface area contributed by atoms with E-state index < -0.39 is 0 Å². The number of carbonyl (C=O) groups is 1. The highest BCUT2D eigenvalue weighted by Gasteiger charge is 2.05. The molecule has 0 radical (unpaired) electrons. The lowest BCUT2D eigenvalue weighted by Gasteiger charge is -2.08. The molecular formula is C14H19ClN4O. The van der Waals surface area contributed by atoms with E-state index in [2.05, 4.69) is 10.4 Å². The number of carbonyl (C=O) groups excluding carboxylic acids is 1. The van der Waals surface area contributed by atoms with Crippen LogP contribution >= 0.6 is 12.4 Å². The van der Waals surface area contributed by atoms with Gasteiger partial charge < -0.3 is 11.1 Å². The quantitative estimate of drug-likeness (QED) is 0.886. The van der Waals surface area contributed by atoms with Crippen LogP contribution in [0.25, 0.3) is 0 Å². The maximum atomic E-state index is 11.6. The van der Waals surface area contributed by atoms with Crippen molar-refractivity contribution in [3.05, 3.63) is 48.3 Å². The smallest absolute Gasteiger partial charge is 0.225 e. The first-order valence-corrected chi connectivity index (χ1v) is 6.25. The number of nitrogens with one attached hydrogen (secondary N) is 1. The summed E-state index contributed by atoms with van der Waals surface area (Å²) >= 11 is 0. The minimum Gasteiger partial charge on any atom is -0.327 e.